The lowest BCUT2D eigenvalue weighted by Crippen LogP contribution is -2.20. The van der Waals surface area contributed by atoms with E-state index in [1.165, 1.54) is 6.20 Å². The van der Waals surface area contributed by atoms with Crippen molar-refractivity contribution in [3.8, 4) is 11.3 Å². The molecule has 33 heavy (non-hydrogen) atoms. The number of fused-ring (bicyclic) bond motifs is 1. The second-order valence-electron chi connectivity index (χ2n) is 7.22. The van der Waals surface area contributed by atoms with Crippen molar-refractivity contribution in [1.82, 2.24) is 15.2 Å². The summed E-state index contributed by atoms with van der Waals surface area (Å²) < 4.78 is 55.2. The fraction of sp³-hybridized carbons (Fsp3) is 0.136. The van der Waals surface area contributed by atoms with Gasteiger partial charge in [-0.1, -0.05) is 37.3 Å². The Morgan fingerprint density at radius 3 is 2.61 bits per heavy atom. The lowest BCUT2D eigenvalue weighted by molar-refractivity contribution is 0.101. The SMILES string of the molecule is CCCS(=O)(=O)Nc1ccc(F)c(C(=O)Nc2cnc3n[nH]c(-c4ccccc4)c3c2)c1F. The Kier molecular flexibility index (Phi) is 6.05. The monoisotopic (exact) mass is 471 g/mol. The Balaban J connectivity index is 1.65. The normalized spacial score (nSPS) is 11.5. The number of anilines is 2. The molecule has 0 bridgehead atoms. The Hall–Kier alpha value is -3.86. The van der Waals surface area contributed by atoms with Crippen LogP contribution in [0.15, 0.2) is 54.7 Å². The molecule has 0 saturated heterocycles. The maximum Gasteiger partial charge on any atom is 0.261 e. The van der Waals surface area contributed by atoms with Gasteiger partial charge in [-0.15, -0.1) is 0 Å². The molecule has 0 unspecified atom stereocenters. The number of benzene rings is 2. The molecule has 3 N–H and O–H groups in total. The number of carbonyl (C=O) groups excluding carboxylic acids is 1. The van der Waals surface area contributed by atoms with Crippen LogP contribution in [0.2, 0.25) is 0 Å². The molecule has 1 amide bonds. The zero-order valence-electron chi connectivity index (χ0n) is 17.4. The third-order valence-corrected chi connectivity index (χ3v) is 6.26. The highest BCUT2D eigenvalue weighted by atomic mass is 32.2. The van der Waals surface area contributed by atoms with Crippen molar-refractivity contribution in [2.75, 3.05) is 15.8 Å². The van der Waals surface area contributed by atoms with Gasteiger partial charge in [-0.2, -0.15) is 5.10 Å². The zero-order chi connectivity index (χ0) is 23.6. The smallest absolute Gasteiger partial charge is 0.261 e. The van der Waals surface area contributed by atoms with Crippen molar-refractivity contribution in [3.05, 3.63) is 71.9 Å². The van der Waals surface area contributed by atoms with Crippen molar-refractivity contribution in [1.29, 1.82) is 0 Å². The summed E-state index contributed by atoms with van der Waals surface area (Å²) in [6.07, 6.45) is 1.61. The summed E-state index contributed by atoms with van der Waals surface area (Å²) in [5, 5.41) is 10.0. The molecule has 2 aromatic heterocycles. The predicted molar refractivity (Wildman–Crippen MR) is 121 cm³/mol. The number of hydrogen-bond acceptors (Lipinski definition) is 5. The fourth-order valence-electron chi connectivity index (χ4n) is 3.31. The molecule has 0 aliphatic rings. The number of aromatic amines is 1. The number of rotatable bonds is 7. The first-order chi connectivity index (χ1) is 15.8. The molecular formula is C22H19F2N5O3S. The van der Waals surface area contributed by atoms with Crippen molar-refractivity contribution < 1.29 is 22.0 Å². The van der Waals surface area contributed by atoms with E-state index in [1.54, 1.807) is 13.0 Å². The van der Waals surface area contributed by atoms with Crippen LogP contribution >= 0.6 is 0 Å². The molecule has 0 radical (unpaired) electrons. The summed E-state index contributed by atoms with van der Waals surface area (Å²) in [7, 11) is -3.84. The number of hydrogen-bond donors (Lipinski definition) is 3. The lowest BCUT2D eigenvalue weighted by Gasteiger charge is -2.12. The largest absolute Gasteiger partial charge is 0.320 e. The van der Waals surface area contributed by atoms with Crippen molar-refractivity contribution in [2.45, 2.75) is 13.3 Å². The van der Waals surface area contributed by atoms with Gasteiger partial charge in [0, 0.05) is 10.9 Å². The van der Waals surface area contributed by atoms with Gasteiger partial charge in [0.15, 0.2) is 11.5 Å². The van der Waals surface area contributed by atoms with Crippen LogP contribution in [0.1, 0.15) is 23.7 Å². The summed E-state index contributed by atoms with van der Waals surface area (Å²) >= 11 is 0. The van der Waals surface area contributed by atoms with E-state index in [1.807, 2.05) is 35.1 Å². The maximum atomic E-state index is 14.9. The van der Waals surface area contributed by atoms with Crippen LogP contribution in [-0.4, -0.2) is 35.3 Å². The Labute approximate surface area is 188 Å². The molecule has 4 rings (SSSR count). The zero-order valence-corrected chi connectivity index (χ0v) is 18.2. The van der Waals surface area contributed by atoms with Gasteiger partial charge in [-0.25, -0.2) is 22.2 Å². The van der Waals surface area contributed by atoms with Crippen LogP contribution in [0.5, 0.6) is 0 Å². The van der Waals surface area contributed by atoms with Crippen molar-refractivity contribution in [3.63, 3.8) is 0 Å². The number of halogens is 2. The van der Waals surface area contributed by atoms with Crippen LogP contribution in [0.4, 0.5) is 20.2 Å². The average molecular weight is 471 g/mol. The van der Waals surface area contributed by atoms with Gasteiger partial charge < -0.3 is 5.32 Å². The fourth-order valence-corrected chi connectivity index (χ4v) is 4.45. The van der Waals surface area contributed by atoms with Gasteiger partial charge in [0.2, 0.25) is 10.0 Å². The predicted octanol–water partition coefficient (Wildman–Crippen LogP) is 4.31. The third kappa shape index (κ3) is 4.67. The number of pyridine rings is 1. The van der Waals surface area contributed by atoms with Gasteiger partial charge in [0.25, 0.3) is 5.91 Å². The molecule has 0 fully saturated rings. The van der Waals surface area contributed by atoms with Gasteiger partial charge in [0.1, 0.15) is 11.4 Å². The van der Waals surface area contributed by atoms with Crippen LogP contribution in [-0.2, 0) is 10.0 Å². The molecular weight excluding hydrogens is 452 g/mol. The van der Waals surface area contributed by atoms with Gasteiger partial charge >= 0.3 is 0 Å². The van der Waals surface area contributed by atoms with Crippen molar-refractivity contribution >= 4 is 38.3 Å². The highest BCUT2D eigenvalue weighted by Gasteiger charge is 2.23. The number of nitrogens with zero attached hydrogens (tertiary/aromatic N) is 2. The van der Waals surface area contributed by atoms with E-state index in [-0.39, 0.29) is 11.4 Å². The molecule has 0 spiro atoms. The molecule has 4 aromatic rings. The number of amides is 1. The molecule has 170 valence electrons. The highest BCUT2D eigenvalue weighted by molar-refractivity contribution is 7.92. The van der Waals surface area contributed by atoms with E-state index in [0.717, 1.165) is 17.7 Å². The second-order valence-corrected chi connectivity index (χ2v) is 9.06. The van der Waals surface area contributed by atoms with Gasteiger partial charge in [-0.3, -0.25) is 14.6 Å². The standard InChI is InChI=1S/C22H19F2N5O3S/c1-2-10-33(31,32)29-17-9-8-16(23)18(19(17)24)22(30)26-14-11-15-20(13-6-4-3-5-7-13)27-28-21(15)25-12-14/h3-9,11-12,29H,2,10H2,1H3,(H,26,30)(H,25,27,28). The number of aromatic nitrogens is 3. The van der Waals surface area contributed by atoms with Crippen LogP contribution in [0.3, 0.4) is 0 Å². The van der Waals surface area contributed by atoms with E-state index >= 15 is 0 Å². The Bertz CT molecular complexity index is 1440. The topological polar surface area (TPSA) is 117 Å². The summed E-state index contributed by atoms with van der Waals surface area (Å²) in [5.41, 5.74) is 0.666. The van der Waals surface area contributed by atoms with E-state index in [2.05, 4.69) is 20.5 Å². The number of sulfonamides is 1. The van der Waals surface area contributed by atoms with Crippen LogP contribution in [0.25, 0.3) is 22.3 Å². The quantitative estimate of drug-likeness (QED) is 0.371. The first-order valence-corrected chi connectivity index (χ1v) is 11.6. The molecule has 2 heterocycles. The molecule has 8 nitrogen and oxygen atoms in total. The minimum absolute atomic E-state index is 0.182. The maximum absolute atomic E-state index is 14.9. The third-order valence-electron chi connectivity index (χ3n) is 4.79. The second kappa shape index (κ2) is 8.94. The summed E-state index contributed by atoms with van der Waals surface area (Å²) in [4.78, 5) is 16.9. The summed E-state index contributed by atoms with van der Waals surface area (Å²) in [6, 6.07) is 12.7. The van der Waals surface area contributed by atoms with E-state index in [0.29, 0.717) is 23.1 Å². The highest BCUT2D eigenvalue weighted by Crippen LogP contribution is 2.28. The molecule has 11 heteroatoms. The molecule has 0 saturated carbocycles. The van der Waals surface area contributed by atoms with E-state index in [4.69, 9.17) is 0 Å². The van der Waals surface area contributed by atoms with E-state index < -0.39 is 38.8 Å². The Morgan fingerprint density at radius 1 is 1.12 bits per heavy atom. The first kappa shape index (κ1) is 22.3. The summed E-state index contributed by atoms with van der Waals surface area (Å²) in [5.74, 6) is -3.78. The minimum atomic E-state index is -3.84. The lowest BCUT2D eigenvalue weighted by atomic mass is 10.1. The first-order valence-electron chi connectivity index (χ1n) is 9.98. The van der Waals surface area contributed by atoms with Gasteiger partial charge in [-0.05, 0) is 24.6 Å². The summed E-state index contributed by atoms with van der Waals surface area (Å²) in [6.45, 7) is 1.65. The number of carbonyl (C=O) groups is 1. The average Bonchev–Trinajstić information content (AvgIpc) is 3.19. The molecule has 0 atom stereocenters. The van der Waals surface area contributed by atoms with E-state index in [9.17, 15) is 22.0 Å². The van der Waals surface area contributed by atoms with Gasteiger partial charge in [0.05, 0.1) is 29.0 Å². The van der Waals surface area contributed by atoms with Crippen LogP contribution < -0.4 is 10.0 Å². The number of nitrogens with one attached hydrogen (secondary N) is 3. The molecule has 2 aromatic carbocycles. The molecule has 0 aliphatic carbocycles. The minimum Gasteiger partial charge on any atom is -0.320 e. The Morgan fingerprint density at radius 2 is 1.88 bits per heavy atom. The van der Waals surface area contributed by atoms with Crippen LogP contribution in [0, 0.1) is 11.6 Å². The molecule has 0 aliphatic heterocycles. The number of H-pyrrole nitrogens is 1. The van der Waals surface area contributed by atoms with Crippen molar-refractivity contribution in [2.24, 2.45) is 0 Å².